The molecule has 0 bridgehead atoms. The lowest BCUT2D eigenvalue weighted by molar-refractivity contribution is 0.295. The monoisotopic (exact) mass is 277 g/mol. The molecule has 1 aliphatic carbocycles. The topological polar surface area (TPSA) is 44.5 Å². The second-order valence-corrected chi connectivity index (χ2v) is 5.73. The Hall–Kier alpha value is -1.22. The highest BCUT2D eigenvalue weighted by molar-refractivity contribution is 5.53. The van der Waals surface area contributed by atoms with Gasteiger partial charge in [0.05, 0.1) is 14.2 Å². The van der Waals surface area contributed by atoms with Crippen LogP contribution >= 0.6 is 0 Å². The quantitative estimate of drug-likeness (QED) is 0.897. The standard InChI is InChI=1S/C17H27NO2/c1-4-13-14(8-9-15(19-2)16(13)20-3)17(12-18)10-6-5-7-11-17/h8-9H,4-7,10-12,18H2,1-3H3. The van der Waals surface area contributed by atoms with Crippen LogP contribution < -0.4 is 15.2 Å². The Bertz CT molecular complexity index is 451. The van der Waals surface area contributed by atoms with Crippen molar-refractivity contribution < 1.29 is 9.47 Å². The highest BCUT2D eigenvalue weighted by atomic mass is 16.5. The summed E-state index contributed by atoms with van der Waals surface area (Å²) in [7, 11) is 3.41. The zero-order valence-electron chi connectivity index (χ0n) is 13.0. The fraction of sp³-hybridized carbons (Fsp3) is 0.647. The molecule has 0 atom stereocenters. The third-order valence-electron chi connectivity index (χ3n) is 4.77. The van der Waals surface area contributed by atoms with E-state index in [-0.39, 0.29) is 5.41 Å². The fourth-order valence-electron chi connectivity index (χ4n) is 3.65. The molecular formula is C17H27NO2. The molecule has 1 fully saturated rings. The molecular weight excluding hydrogens is 250 g/mol. The van der Waals surface area contributed by atoms with Gasteiger partial charge < -0.3 is 15.2 Å². The third kappa shape index (κ3) is 2.51. The summed E-state index contributed by atoms with van der Waals surface area (Å²) in [6.07, 6.45) is 7.19. The van der Waals surface area contributed by atoms with E-state index < -0.39 is 0 Å². The molecule has 0 heterocycles. The predicted molar refractivity (Wildman–Crippen MR) is 82.7 cm³/mol. The van der Waals surface area contributed by atoms with Crippen LogP contribution in [0.4, 0.5) is 0 Å². The fourth-order valence-corrected chi connectivity index (χ4v) is 3.65. The molecule has 0 radical (unpaired) electrons. The van der Waals surface area contributed by atoms with Gasteiger partial charge in [0, 0.05) is 17.5 Å². The first-order chi connectivity index (χ1) is 9.72. The van der Waals surface area contributed by atoms with E-state index in [1.807, 2.05) is 6.07 Å². The van der Waals surface area contributed by atoms with Gasteiger partial charge in [-0.15, -0.1) is 0 Å². The summed E-state index contributed by atoms with van der Waals surface area (Å²) in [6.45, 7) is 2.89. The van der Waals surface area contributed by atoms with Crippen molar-refractivity contribution in [2.24, 2.45) is 5.73 Å². The van der Waals surface area contributed by atoms with Gasteiger partial charge in [-0.25, -0.2) is 0 Å². The van der Waals surface area contributed by atoms with Gasteiger partial charge in [0.2, 0.25) is 0 Å². The minimum absolute atomic E-state index is 0.128. The Morgan fingerprint density at radius 2 is 1.80 bits per heavy atom. The number of hydrogen-bond acceptors (Lipinski definition) is 3. The summed E-state index contributed by atoms with van der Waals surface area (Å²) in [4.78, 5) is 0. The van der Waals surface area contributed by atoms with Crippen LogP contribution in [0.15, 0.2) is 12.1 Å². The van der Waals surface area contributed by atoms with E-state index in [9.17, 15) is 0 Å². The minimum atomic E-state index is 0.128. The van der Waals surface area contributed by atoms with Crippen LogP contribution in [0, 0.1) is 0 Å². The van der Waals surface area contributed by atoms with Gasteiger partial charge in [-0.2, -0.15) is 0 Å². The molecule has 0 aliphatic heterocycles. The van der Waals surface area contributed by atoms with Gasteiger partial charge >= 0.3 is 0 Å². The van der Waals surface area contributed by atoms with Crippen LogP contribution in [0.25, 0.3) is 0 Å². The molecule has 3 nitrogen and oxygen atoms in total. The molecule has 1 aliphatic rings. The van der Waals surface area contributed by atoms with E-state index >= 15 is 0 Å². The highest BCUT2D eigenvalue weighted by Crippen LogP contribution is 2.44. The maximum Gasteiger partial charge on any atom is 0.164 e. The van der Waals surface area contributed by atoms with Crippen LogP contribution in [0.1, 0.15) is 50.2 Å². The molecule has 20 heavy (non-hydrogen) atoms. The molecule has 1 saturated carbocycles. The van der Waals surface area contributed by atoms with Crippen molar-refractivity contribution in [3.63, 3.8) is 0 Å². The first-order valence-corrected chi connectivity index (χ1v) is 7.66. The maximum absolute atomic E-state index is 6.18. The normalized spacial score (nSPS) is 17.8. The number of nitrogens with two attached hydrogens (primary N) is 1. The number of methoxy groups -OCH3 is 2. The first-order valence-electron chi connectivity index (χ1n) is 7.66. The molecule has 2 rings (SSSR count). The zero-order chi connectivity index (χ0) is 14.6. The molecule has 112 valence electrons. The lowest BCUT2D eigenvalue weighted by Gasteiger charge is -2.38. The van der Waals surface area contributed by atoms with E-state index in [1.54, 1.807) is 14.2 Å². The van der Waals surface area contributed by atoms with Crippen LogP contribution in [-0.4, -0.2) is 20.8 Å². The molecule has 1 aromatic carbocycles. The van der Waals surface area contributed by atoms with Crippen molar-refractivity contribution in [1.29, 1.82) is 0 Å². The summed E-state index contributed by atoms with van der Waals surface area (Å²) in [5.41, 5.74) is 8.95. The number of rotatable bonds is 5. The molecule has 0 aromatic heterocycles. The van der Waals surface area contributed by atoms with E-state index in [2.05, 4.69) is 13.0 Å². The molecule has 0 unspecified atom stereocenters. The average Bonchev–Trinajstić information content (AvgIpc) is 2.53. The third-order valence-corrected chi connectivity index (χ3v) is 4.77. The van der Waals surface area contributed by atoms with Crippen molar-refractivity contribution >= 4 is 0 Å². The lowest BCUT2D eigenvalue weighted by Crippen LogP contribution is -2.38. The van der Waals surface area contributed by atoms with E-state index in [4.69, 9.17) is 15.2 Å². The van der Waals surface area contributed by atoms with Crippen LogP contribution in [0.3, 0.4) is 0 Å². The Balaban J connectivity index is 2.54. The van der Waals surface area contributed by atoms with E-state index in [0.29, 0.717) is 0 Å². The highest BCUT2D eigenvalue weighted by Gasteiger charge is 2.35. The minimum Gasteiger partial charge on any atom is -0.493 e. The zero-order valence-corrected chi connectivity index (χ0v) is 13.0. The van der Waals surface area contributed by atoms with E-state index in [0.717, 1.165) is 24.5 Å². The summed E-state index contributed by atoms with van der Waals surface area (Å²) in [5.74, 6) is 1.70. The second kappa shape index (κ2) is 6.49. The van der Waals surface area contributed by atoms with Crippen molar-refractivity contribution in [1.82, 2.24) is 0 Å². The number of benzene rings is 1. The second-order valence-electron chi connectivity index (χ2n) is 5.73. The Morgan fingerprint density at radius 1 is 1.10 bits per heavy atom. The lowest BCUT2D eigenvalue weighted by atomic mass is 9.68. The molecule has 1 aromatic rings. The Labute approximate surface area is 122 Å². The Morgan fingerprint density at radius 3 is 2.30 bits per heavy atom. The van der Waals surface area contributed by atoms with Crippen LogP contribution in [0.2, 0.25) is 0 Å². The molecule has 0 spiro atoms. The van der Waals surface area contributed by atoms with Crippen molar-refractivity contribution in [3.8, 4) is 11.5 Å². The number of ether oxygens (including phenoxy) is 2. The first kappa shape index (κ1) is 15.2. The van der Waals surface area contributed by atoms with Gasteiger partial charge in [-0.1, -0.05) is 32.3 Å². The largest absolute Gasteiger partial charge is 0.493 e. The Kier molecular flexibility index (Phi) is 4.92. The number of hydrogen-bond donors (Lipinski definition) is 1. The van der Waals surface area contributed by atoms with Crippen molar-refractivity contribution in [2.75, 3.05) is 20.8 Å². The van der Waals surface area contributed by atoms with Gasteiger partial charge in [-0.05, 0) is 30.9 Å². The van der Waals surface area contributed by atoms with Crippen LogP contribution in [-0.2, 0) is 11.8 Å². The SMILES string of the molecule is CCc1c(C2(CN)CCCCC2)ccc(OC)c1OC. The molecule has 0 saturated heterocycles. The summed E-state index contributed by atoms with van der Waals surface area (Å²) in [6, 6.07) is 4.23. The van der Waals surface area contributed by atoms with Gasteiger partial charge in [0.1, 0.15) is 0 Å². The van der Waals surface area contributed by atoms with E-state index in [1.165, 1.54) is 43.2 Å². The molecule has 2 N–H and O–H groups in total. The molecule has 0 amide bonds. The molecule has 3 heteroatoms. The predicted octanol–water partition coefficient (Wildman–Crippen LogP) is 3.43. The van der Waals surface area contributed by atoms with Gasteiger partial charge in [-0.3, -0.25) is 0 Å². The maximum atomic E-state index is 6.18. The van der Waals surface area contributed by atoms with Gasteiger partial charge in [0.25, 0.3) is 0 Å². The summed E-state index contributed by atoms with van der Waals surface area (Å²) >= 11 is 0. The van der Waals surface area contributed by atoms with Crippen LogP contribution in [0.5, 0.6) is 11.5 Å². The van der Waals surface area contributed by atoms with Gasteiger partial charge in [0.15, 0.2) is 11.5 Å². The smallest absolute Gasteiger partial charge is 0.164 e. The summed E-state index contributed by atoms with van der Waals surface area (Å²) in [5, 5.41) is 0. The van der Waals surface area contributed by atoms with Crippen molar-refractivity contribution in [3.05, 3.63) is 23.3 Å². The van der Waals surface area contributed by atoms with Crippen molar-refractivity contribution in [2.45, 2.75) is 50.9 Å². The average molecular weight is 277 g/mol. The summed E-state index contributed by atoms with van der Waals surface area (Å²) < 4.78 is 11.0.